The molecule has 0 fully saturated rings. The number of nitrogens with two attached hydrogens (primary N) is 1. The number of aromatic nitrogens is 1. The minimum Gasteiger partial charge on any atom is -0.481 e. The van der Waals surface area contributed by atoms with Crippen molar-refractivity contribution in [3.05, 3.63) is 23.6 Å². The van der Waals surface area contributed by atoms with Crippen molar-refractivity contribution in [1.82, 2.24) is 4.98 Å². The maximum Gasteiger partial charge on any atom is 0.309 e. The molecule has 0 spiro atoms. The molecule has 0 saturated heterocycles. The molecule has 0 radical (unpaired) electrons. The molecule has 12 heavy (non-hydrogen) atoms. The summed E-state index contributed by atoms with van der Waals surface area (Å²) in [5, 5.41) is 8.35. The first-order valence-corrected chi connectivity index (χ1v) is 3.21. The number of hydrogen-bond acceptors (Lipinski definition) is 3. The Bertz CT molecular complexity index is 294. The predicted molar refractivity (Wildman–Crippen MR) is 39.9 cm³/mol. The Morgan fingerprint density at radius 3 is 2.83 bits per heavy atom. The Morgan fingerprint density at radius 2 is 2.33 bits per heavy atom. The zero-order valence-electron chi connectivity index (χ0n) is 6.12. The van der Waals surface area contributed by atoms with Gasteiger partial charge in [-0.1, -0.05) is 0 Å². The van der Waals surface area contributed by atoms with Crippen LogP contribution in [0.4, 0.5) is 10.2 Å². The summed E-state index contributed by atoms with van der Waals surface area (Å²) in [6, 6.07) is 2.08. The maximum atomic E-state index is 12.6. The summed E-state index contributed by atoms with van der Waals surface area (Å²) in [5.41, 5.74) is 5.32. The average Bonchev–Trinajstić information content (AvgIpc) is 1.81. The summed E-state index contributed by atoms with van der Waals surface area (Å²) in [5.74, 6) is -1.64. The van der Waals surface area contributed by atoms with Crippen molar-refractivity contribution in [2.45, 2.75) is 6.42 Å². The Kier molecular flexibility index (Phi) is 2.23. The highest BCUT2D eigenvalue weighted by molar-refractivity contribution is 5.69. The number of nitrogen functional groups attached to an aromatic ring is 1. The highest BCUT2D eigenvalue weighted by Crippen LogP contribution is 2.06. The molecule has 0 aliphatic heterocycles. The molecule has 1 aromatic rings. The molecule has 0 bridgehead atoms. The van der Waals surface area contributed by atoms with Crippen molar-refractivity contribution in [2.75, 3.05) is 5.73 Å². The molecule has 0 aliphatic carbocycles. The molecule has 5 heteroatoms. The van der Waals surface area contributed by atoms with Crippen LogP contribution in [0.15, 0.2) is 12.1 Å². The number of anilines is 1. The lowest BCUT2D eigenvalue weighted by Gasteiger charge is -1.98. The van der Waals surface area contributed by atoms with Crippen LogP contribution in [0.5, 0.6) is 0 Å². The number of halogens is 1. The number of aliphatic carboxylic acids is 1. The third-order valence-electron chi connectivity index (χ3n) is 1.20. The van der Waals surface area contributed by atoms with Crippen molar-refractivity contribution in [3.63, 3.8) is 0 Å². The van der Waals surface area contributed by atoms with Crippen LogP contribution in [0.1, 0.15) is 5.69 Å². The average molecular weight is 170 g/mol. The van der Waals surface area contributed by atoms with Gasteiger partial charge in [0.1, 0.15) is 11.6 Å². The number of rotatable bonds is 2. The molecule has 4 nitrogen and oxygen atoms in total. The van der Waals surface area contributed by atoms with Crippen LogP contribution in [0.3, 0.4) is 0 Å². The monoisotopic (exact) mass is 170 g/mol. The van der Waals surface area contributed by atoms with Gasteiger partial charge >= 0.3 is 5.97 Å². The van der Waals surface area contributed by atoms with Gasteiger partial charge in [-0.15, -0.1) is 0 Å². The van der Waals surface area contributed by atoms with Crippen molar-refractivity contribution >= 4 is 11.8 Å². The van der Waals surface area contributed by atoms with Gasteiger partial charge < -0.3 is 10.8 Å². The molecule has 3 N–H and O–H groups in total. The van der Waals surface area contributed by atoms with Gasteiger partial charge in [0, 0.05) is 6.07 Å². The SMILES string of the molecule is Nc1cc(F)cc(CC(=O)O)n1. The topological polar surface area (TPSA) is 76.2 Å². The molecule has 0 atom stereocenters. The quantitative estimate of drug-likeness (QED) is 0.674. The molecule has 0 aromatic carbocycles. The van der Waals surface area contributed by atoms with Crippen molar-refractivity contribution in [3.8, 4) is 0 Å². The lowest BCUT2D eigenvalue weighted by atomic mass is 10.2. The van der Waals surface area contributed by atoms with Crippen molar-refractivity contribution in [1.29, 1.82) is 0 Å². The molecule has 1 heterocycles. The van der Waals surface area contributed by atoms with E-state index in [4.69, 9.17) is 10.8 Å². The second kappa shape index (κ2) is 3.17. The predicted octanol–water partition coefficient (Wildman–Crippen LogP) is 0.430. The van der Waals surface area contributed by atoms with Gasteiger partial charge in [0.15, 0.2) is 0 Å². The smallest absolute Gasteiger partial charge is 0.309 e. The molecule has 0 aliphatic rings. The summed E-state index contributed by atoms with van der Waals surface area (Å²) in [4.78, 5) is 13.8. The second-order valence-corrected chi connectivity index (χ2v) is 2.27. The fourth-order valence-corrected chi connectivity index (χ4v) is 0.818. The standard InChI is InChI=1S/C7H7FN2O2/c8-4-1-5(3-7(11)12)10-6(9)2-4/h1-2H,3H2,(H2,9,10)(H,11,12). The van der Waals surface area contributed by atoms with E-state index in [0.29, 0.717) is 0 Å². The van der Waals surface area contributed by atoms with Crippen LogP contribution in [0, 0.1) is 5.82 Å². The number of carboxylic acids is 1. The van der Waals surface area contributed by atoms with E-state index in [1.165, 1.54) is 0 Å². The van der Waals surface area contributed by atoms with E-state index < -0.39 is 11.8 Å². The van der Waals surface area contributed by atoms with Crippen molar-refractivity contribution < 1.29 is 14.3 Å². The summed E-state index contributed by atoms with van der Waals surface area (Å²) in [6.07, 6.45) is -0.318. The summed E-state index contributed by atoms with van der Waals surface area (Å²) >= 11 is 0. The highest BCUT2D eigenvalue weighted by Gasteiger charge is 2.04. The van der Waals surface area contributed by atoms with Gasteiger partial charge in [-0.2, -0.15) is 0 Å². The minimum atomic E-state index is -1.06. The fraction of sp³-hybridized carbons (Fsp3) is 0.143. The third-order valence-corrected chi connectivity index (χ3v) is 1.20. The fourth-order valence-electron chi connectivity index (χ4n) is 0.818. The van der Waals surface area contributed by atoms with Gasteiger partial charge in [-0.3, -0.25) is 4.79 Å². The van der Waals surface area contributed by atoms with E-state index in [9.17, 15) is 9.18 Å². The molecule has 0 unspecified atom stereocenters. The van der Waals surface area contributed by atoms with Crippen molar-refractivity contribution in [2.24, 2.45) is 0 Å². The number of carboxylic acid groups (broad SMARTS) is 1. The zero-order valence-corrected chi connectivity index (χ0v) is 6.12. The first kappa shape index (κ1) is 8.45. The Balaban J connectivity index is 2.93. The van der Waals surface area contributed by atoms with Gasteiger partial charge in [0.05, 0.1) is 12.1 Å². The summed E-state index contributed by atoms with van der Waals surface area (Å²) < 4.78 is 12.6. The van der Waals surface area contributed by atoms with Gasteiger partial charge in [0.2, 0.25) is 0 Å². The lowest BCUT2D eigenvalue weighted by molar-refractivity contribution is -0.136. The summed E-state index contributed by atoms with van der Waals surface area (Å²) in [7, 11) is 0. The zero-order chi connectivity index (χ0) is 9.14. The van der Waals surface area contributed by atoms with Gasteiger partial charge in [-0.05, 0) is 6.07 Å². The van der Waals surface area contributed by atoms with E-state index in [1.54, 1.807) is 0 Å². The normalized spacial score (nSPS) is 9.75. The molecular weight excluding hydrogens is 163 g/mol. The number of pyridine rings is 1. The van der Waals surface area contributed by atoms with Gasteiger partial charge in [0.25, 0.3) is 0 Å². The number of nitrogens with zero attached hydrogens (tertiary/aromatic N) is 1. The third kappa shape index (κ3) is 2.19. The molecule has 0 amide bonds. The van der Waals surface area contributed by atoms with E-state index in [1.807, 2.05) is 0 Å². The van der Waals surface area contributed by atoms with E-state index in [-0.39, 0.29) is 17.9 Å². The maximum absolute atomic E-state index is 12.6. The Hall–Kier alpha value is -1.65. The van der Waals surface area contributed by atoms with Crippen LogP contribution in [0.25, 0.3) is 0 Å². The lowest BCUT2D eigenvalue weighted by Crippen LogP contribution is -2.04. The van der Waals surface area contributed by atoms with Crippen LogP contribution in [0.2, 0.25) is 0 Å². The van der Waals surface area contributed by atoms with Gasteiger partial charge in [-0.25, -0.2) is 9.37 Å². The van der Waals surface area contributed by atoms with Crippen LogP contribution in [-0.4, -0.2) is 16.1 Å². The van der Waals surface area contributed by atoms with E-state index in [2.05, 4.69) is 4.98 Å². The number of hydrogen-bond donors (Lipinski definition) is 2. The molecule has 0 saturated carbocycles. The Morgan fingerprint density at radius 1 is 1.67 bits per heavy atom. The highest BCUT2D eigenvalue weighted by atomic mass is 19.1. The molecule has 1 aromatic heterocycles. The molecule has 64 valence electrons. The molecule has 1 rings (SSSR count). The first-order chi connectivity index (χ1) is 5.58. The van der Waals surface area contributed by atoms with Crippen LogP contribution >= 0.6 is 0 Å². The molecular formula is C7H7FN2O2. The minimum absolute atomic E-state index is 0.00810. The summed E-state index contributed by atoms with van der Waals surface area (Å²) in [6.45, 7) is 0. The van der Waals surface area contributed by atoms with E-state index in [0.717, 1.165) is 12.1 Å². The Labute approximate surface area is 67.8 Å². The van der Waals surface area contributed by atoms with E-state index >= 15 is 0 Å². The van der Waals surface area contributed by atoms with Crippen LogP contribution in [-0.2, 0) is 11.2 Å². The second-order valence-electron chi connectivity index (χ2n) is 2.27. The largest absolute Gasteiger partial charge is 0.481 e. The first-order valence-electron chi connectivity index (χ1n) is 3.21. The number of carbonyl (C=O) groups is 1. The van der Waals surface area contributed by atoms with Crippen LogP contribution < -0.4 is 5.73 Å².